The number of benzene rings is 1. The summed E-state index contributed by atoms with van der Waals surface area (Å²) in [6.07, 6.45) is 4.84. The highest BCUT2D eigenvalue weighted by atomic mass is 35.5. The molecule has 6 nitrogen and oxygen atoms in total. The number of hydrogen-bond donors (Lipinski definition) is 1. The van der Waals surface area contributed by atoms with Gasteiger partial charge in [-0.25, -0.2) is 9.37 Å². The van der Waals surface area contributed by atoms with Gasteiger partial charge in [0.15, 0.2) is 0 Å². The molecule has 0 saturated carbocycles. The van der Waals surface area contributed by atoms with Crippen molar-refractivity contribution in [3.05, 3.63) is 59.7 Å². The molecule has 0 aliphatic carbocycles. The molecule has 106 valence electrons. The molecule has 0 unspecified atom stereocenters. The molecular formula is C13H10ClFN6. The van der Waals surface area contributed by atoms with E-state index in [1.165, 1.54) is 6.07 Å². The summed E-state index contributed by atoms with van der Waals surface area (Å²) in [4.78, 5) is 16.1. The van der Waals surface area contributed by atoms with E-state index in [2.05, 4.69) is 25.3 Å². The van der Waals surface area contributed by atoms with Gasteiger partial charge in [0.1, 0.15) is 12.1 Å². The number of hydrogen-bond acceptors (Lipinski definition) is 5. The third-order valence-corrected chi connectivity index (χ3v) is 2.90. The van der Waals surface area contributed by atoms with Gasteiger partial charge in [0.2, 0.25) is 17.2 Å². The first-order valence-corrected chi connectivity index (χ1v) is 6.47. The Balaban J connectivity index is 1.81. The zero-order chi connectivity index (χ0) is 14.7. The highest BCUT2D eigenvalue weighted by Crippen LogP contribution is 2.12. The molecule has 0 bridgehead atoms. The van der Waals surface area contributed by atoms with Crippen LogP contribution in [0.1, 0.15) is 5.56 Å². The number of anilines is 1. The van der Waals surface area contributed by atoms with Crippen molar-refractivity contribution < 1.29 is 4.39 Å². The van der Waals surface area contributed by atoms with Crippen molar-refractivity contribution in [2.45, 2.75) is 6.54 Å². The first kappa shape index (κ1) is 13.4. The second-order valence-electron chi connectivity index (χ2n) is 4.14. The van der Waals surface area contributed by atoms with Crippen LogP contribution in [0, 0.1) is 5.82 Å². The number of nitrogens with zero attached hydrogens (tertiary/aromatic N) is 5. The fraction of sp³-hybridized carbons (Fsp3) is 0.0769. The van der Waals surface area contributed by atoms with Crippen LogP contribution in [-0.4, -0.2) is 24.5 Å². The Hall–Kier alpha value is -2.54. The van der Waals surface area contributed by atoms with Crippen molar-refractivity contribution in [1.29, 1.82) is 0 Å². The van der Waals surface area contributed by atoms with Crippen molar-refractivity contribution in [3.63, 3.8) is 0 Å². The molecule has 21 heavy (non-hydrogen) atoms. The topological polar surface area (TPSA) is 68.5 Å². The summed E-state index contributed by atoms with van der Waals surface area (Å²) >= 11 is 5.87. The van der Waals surface area contributed by atoms with Crippen LogP contribution in [0.5, 0.6) is 0 Å². The number of rotatable bonds is 4. The SMILES string of the molecule is Fc1ccccc1CNc1nc(Cl)nc(-n2ccnc2)n1. The molecule has 0 fully saturated rings. The Labute approximate surface area is 124 Å². The van der Waals surface area contributed by atoms with Crippen LogP contribution in [0.2, 0.25) is 5.28 Å². The first-order chi connectivity index (χ1) is 10.2. The van der Waals surface area contributed by atoms with Crippen LogP contribution in [0.15, 0.2) is 43.0 Å². The van der Waals surface area contributed by atoms with Gasteiger partial charge in [-0.05, 0) is 17.7 Å². The van der Waals surface area contributed by atoms with Gasteiger partial charge in [-0.15, -0.1) is 0 Å². The summed E-state index contributed by atoms with van der Waals surface area (Å²) in [5, 5.41) is 2.97. The zero-order valence-electron chi connectivity index (χ0n) is 10.7. The first-order valence-electron chi connectivity index (χ1n) is 6.09. The molecule has 3 rings (SSSR count). The molecule has 3 aromatic rings. The van der Waals surface area contributed by atoms with E-state index in [0.29, 0.717) is 11.5 Å². The predicted molar refractivity (Wildman–Crippen MR) is 75.7 cm³/mol. The maximum atomic E-state index is 13.5. The Kier molecular flexibility index (Phi) is 3.74. The molecule has 1 aromatic carbocycles. The minimum atomic E-state index is -0.292. The van der Waals surface area contributed by atoms with E-state index in [4.69, 9.17) is 11.6 Å². The molecule has 0 spiro atoms. The fourth-order valence-electron chi connectivity index (χ4n) is 1.73. The van der Waals surface area contributed by atoms with Gasteiger partial charge >= 0.3 is 0 Å². The lowest BCUT2D eigenvalue weighted by Crippen LogP contribution is -2.09. The van der Waals surface area contributed by atoms with Crippen LogP contribution < -0.4 is 5.32 Å². The lowest BCUT2D eigenvalue weighted by molar-refractivity contribution is 0.612. The highest BCUT2D eigenvalue weighted by Gasteiger charge is 2.07. The molecule has 0 atom stereocenters. The zero-order valence-corrected chi connectivity index (χ0v) is 11.5. The van der Waals surface area contributed by atoms with E-state index >= 15 is 0 Å². The van der Waals surface area contributed by atoms with Gasteiger partial charge in [-0.1, -0.05) is 18.2 Å². The van der Waals surface area contributed by atoms with Crippen molar-refractivity contribution >= 4 is 17.5 Å². The standard InChI is InChI=1S/C13H10ClFN6/c14-11-18-12(17-7-9-3-1-2-4-10(9)15)20-13(19-11)21-6-5-16-8-21/h1-6,8H,7H2,(H,17,18,19,20). The molecule has 2 heterocycles. The van der Waals surface area contributed by atoms with E-state index in [-0.39, 0.29) is 23.6 Å². The van der Waals surface area contributed by atoms with E-state index < -0.39 is 0 Å². The van der Waals surface area contributed by atoms with Gasteiger partial charge in [-0.2, -0.15) is 15.0 Å². The van der Waals surface area contributed by atoms with Crippen LogP contribution >= 0.6 is 11.6 Å². The summed E-state index contributed by atoms with van der Waals surface area (Å²) in [5.74, 6) is 0.311. The molecule has 0 aliphatic rings. The maximum absolute atomic E-state index is 13.5. The Morgan fingerprint density at radius 1 is 1.19 bits per heavy atom. The number of imidazole rings is 1. The van der Waals surface area contributed by atoms with Gasteiger partial charge in [0, 0.05) is 24.5 Å². The Bertz CT molecular complexity index is 746. The maximum Gasteiger partial charge on any atom is 0.241 e. The fourth-order valence-corrected chi connectivity index (χ4v) is 1.88. The summed E-state index contributed by atoms with van der Waals surface area (Å²) in [6, 6.07) is 6.48. The largest absolute Gasteiger partial charge is 0.350 e. The monoisotopic (exact) mass is 304 g/mol. The quantitative estimate of drug-likeness (QED) is 0.802. The second-order valence-corrected chi connectivity index (χ2v) is 4.48. The average molecular weight is 305 g/mol. The van der Waals surface area contributed by atoms with E-state index in [1.54, 1.807) is 41.5 Å². The molecule has 0 amide bonds. The minimum absolute atomic E-state index is 0.0460. The summed E-state index contributed by atoms with van der Waals surface area (Å²) in [5.41, 5.74) is 0.512. The molecular weight excluding hydrogens is 295 g/mol. The van der Waals surface area contributed by atoms with Crippen LogP contribution in [0.25, 0.3) is 5.95 Å². The lowest BCUT2D eigenvalue weighted by atomic mass is 10.2. The molecule has 0 aliphatic heterocycles. The smallest absolute Gasteiger partial charge is 0.241 e. The van der Waals surface area contributed by atoms with Gasteiger partial charge in [0.25, 0.3) is 0 Å². The second kappa shape index (κ2) is 5.84. The average Bonchev–Trinajstić information content (AvgIpc) is 3.00. The van der Waals surface area contributed by atoms with E-state index in [0.717, 1.165) is 0 Å². The number of nitrogens with one attached hydrogen (secondary N) is 1. The van der Waals surface area contributed by atoms with Gasteiger partial charge < -0.3 is 5.32 Å². The van der Waals surface area contributed by atoms with Crippen molar-refractivity contribution in [3.8, 4) is 5.95 Å². The minimum Gasteiger partial charge on any atom is -0.350 e. The normalized spacial score (nSPS) is 10.6. The third-order valence-electron chi connectivity index (χ3n) is 2.73. The van der Waals surface area contributed by atoms with E-state index in [1.807, 2.05) is 0 Å². The summed E-state index contributed by atoms with van der Waals surface area (Å²) < 4.78 is 15.1. The van der Waals surface area contributed by atoms with Crippen LogP contribution in [-0.2, 0) is 6.54 Å². The van der Waals surface area contributed by atoms with Crippen molar-refractivity contribution in [2.75, 3.05) is 5.32 Å². The van der Waals surface area contributed by atoms with Crippen molar-refractivity contribution in [2.24, 2.45) is 0 Å². The molecule has 8 heteroatoms. The van der Waals surface area contributed by atoms with Gasteiger partial charge in [-0.3, -0.25) is 4.57 Å². The molecule has 1 N–H and O–H groups in total. The third kappa shape index (κ3) is 3.14. The number of halogens is 2. The number of aromatic nitrogens is 5. The van der Waals surface area contributed by atoms with Gasteiger partial charge in [0.05, 0.1) is 0 Å². The van der Waals surface area contributed by atoms with Crippen molar-refractivity contribution in [1.82, 2.24) is 24.5 Å². The predicted octanol–water partition coefficient (Wildman–Crippen LogP) is 2.46. The molecule has 0 saturated heterocycles. The van der Waals surface area contributed by atoms with Crippen LogP contribution in [0.4, 0.5) is 10.3 Å². The highest BCUT2D eigenvalue weighted by molar-refractivity contribution is 6.28. The Morgan fingerprint density at radius 2 is 2.05 bits per heavy atom. The molecule has 0 radical (unpaired) electrons. The van der Waals surface area contributed by atoms with E-state index in [9.17, 15) is 4.39 Å². The summed E-state index contributed by atoms with van der Waals surface area (Å²) in [7, 11) is 0. The Morgan fingerprint density at radius 3 is 2.81 bits per heavy atom. The molecule has 2 aromatic heterocycles. The summed E-state index contributed by atoms with van der Waals surface area (Å²) in [6.45, 7) is 0.246. The lowest BCUT2D eigenvalue weighted by Gasteiger charge is -2.07. The van der Waals surface area contributed by atoms with Crippen LogP contribution in [0.3, 0.4) is 0 Å².